The van der Waals surface area contributed by atoms with Gasteiger partial charge in [-0.25, -0.2) is 4.79 Å². The minimum absolute atomic E-state index is 0.0384. The van der Waals surface area contributed by atoms with Crippen LogP contribution in [0.4, 0.5) is 0 Å². The Kier molecular flexibility index (Phi) is 4.33. The van der Waals surface area contributed by atoms with Gasteiger partial charge in [-0.05, 0) is 79.6 Å². The summed E-state index contributed by atoms with van der Waals surface area (Å²) in [5.41, 5.74) is -0.732. The first-order chi connectivity index (χ1) is 13.6. The fourth-order valence-corrected chi connectivity index (χ4v) is 8.53. The van der Waals surface area contributed by atoms with Crippen molar-refractivity contribution in [3.05, 3.63) is 11.6 Å². The van der Waals surface area contributed by atoms with Crippen molar-refractivity contribution in [2.75, 3.05) is 6.61 Å². The standard InChI is InChI=1S/C23H34O6/c1-21-9-17(25)16(24)8-13(21)3-4-15-20(21)18(26)10-22(2)14(5-6-23(15,22)28)12-7-19(27)29-11-12/h7,13-18,20,24-26,28H,3-6,8-11H2,1-2H3/t13-,14-,15-,16-,17-,18-,20-,21+,22-,23+/m1/s1. The van der Waals surface area contributed by atoms with Crippen LogP contribution in [0.1, 0.15) is 58.8 Å². The molecule has 1 heterocycles. The van der Waals surface area contributed by atoms with E-state index in [0.29, 0.717) is 32.3 Å². The molecule has 0 bridgehead atoms. The van der Waals surface area contributed by atoms with Crippen LogP contribution in [0, 0.1) is 34.5 Å². The Hall–Kier alpha value is -0.950. The molecule has 0 radical (unpaired) electrons. The average Bonchev–Trinajstić information content (AvgIpc) is 3.17. The molecule has 1 aliphatic heterocycles. The molecule has 162 valence electrons. The van der Waals surface area contributed by atoms with Gasteiger partial charge in [-0.3, -0.25) is 0 Å². The van der Waals surface area contributed by atoms with Gasteiger partial charge in [0, 0.05) is 11.5 Å². The third-order valence-corrected chi connectivity index (χ3v) is 9.94. The summed E-state index contributed by atoms with van der Waals surface area (Å²) in [4.78, 5) is 11.6. The molecule has 29 heavy (non-hydrogen) atoms. The topological polar surface area (TPSA) is 107 Å². The molecule has 0 aromatic rings. The van der Waals surface area contributed by atoms with Gasteiger partial charge in [0.05, 0.1) is 23.9 Å². The monoisotopic (exact) mass is 406 g/mol. The van der Waals surface area contributed by atoms with Crippen LogP contribution in [-0.2, 0) is 9.53 Å². The van der Waals surface area contributed by atoms with Gasteiger partial charge in [-0.15, -0.1) is 0 Å². The molecule has 0 amide bonds. The summed E-state index contributed by atoms with van der Waals surface area (Å²) >= 11 is 0. The van der Waals surface area contributed by atoms with E-state index < -0.39 is 29.3 Å². The van der Waals surface area contributed by atoms with Crippen LogP contribution in [0.2, 0.25) is 0 Å². The first-order valence-corrected chi connectivity index (χ1v) is 11.2. The molecule has 6 nitrogen and oxygen atoms in total. The number of hydrogen-bond acceptors (Lipinski definition) is 6. The summed E-state index contributed by atoms with van der Waals surface area (Å²) in [6.07, 6.45) is 4.28. The summed E-state index contributed by atoms with van der Waals surface area (Å²) in [6, 6.07) is 0. The van der Waals surface area contributed by atoms with Crippen molar-refractivity contribution in [1.29, 1.82) is 0 Å². The molecule has 0 aromatic heterocycles. The van der Waals surface area contributed by atoms with E-state index in [2.05, 4.69) is 13.8 Å². The van der Waals surface area contributed by atoms with Crippen LogP contribution in [0.5, 0.6) is 0 Å². The maximum Gasteiger partial charge on any atom is 0.331 e. The molecule has 10 atom stereocenters. The van der Waals surface area contributed by atoms with Crippen LogP contribution in [0.25, 0.3) is 0 Å². The summed E-state index contributed by atoms with van der Waals surface area (Å²) < 4.78 is 5.15. The quantitative estimate of drug-likeness (QED) is 0.492. The van der Waals surface area contributed by atoms with Gasteiger partial charge in [0.2, 0.25) is 0 Å². The molecule has 0 spiro atoms. The molecule has 5 rings (SSSR count). The molecular formula is C23H34O6. The average molecular weight is 407 g/mol. The summed E-state index contributed by atoms with van der Waals surface area (Å²) in [5.74, 6) is -0.139. The minimum Gasteiger partial charge on any atom is -0.458 e. The predicted molar refractivity (Wildman–Crippen MR) is 105 cm³/mol. The summed E-state index contributed by atoms with van der Waals surface area (Å²) in [7, 11) is 0. The lowest BCUT2D eigenvalue weighted by atomic mass is 9.42. The lowest BCUT2D eigenvalue weighted by Crippen LogP contribution is -2.67. The van der Waals surface area contributed by atoms with Crippen molar-refractivity contribution in [2.24, 2.45) is 34.5 Å². The van der Waals surface area contributed by atoms with E-state index in [-0.39, 0.29) is 35.1 Å². The zero-order chi connectivity index (χ0) is 20.8. The zero-order valence-electron chi connectivity index (χ0n) is 17.4. The number of carbonyl (C=O) groups excluding carboxylic acids is 1. The molecule has 4 N–H and O–H groups in total. The Labute approximate surface area is 172 Å². The highest BCUT2D eigenvalue weighted by Crippen LogP contribution is 2.69. The third kappa shape index (κ3) is 2.52. The maximum absolute atomic E-state index is 12.1. The zero-order valence-corrected chi connectivity index (χ0v) is 17.4. The van der Waals surface area contributed by atoms with Crippen LogP contribution in [-0.4, -0.2) is 56.9 Å². The van der Waals surface area contributed by atoms with Crippen molar-refractivity contribution in [3.8, 4) is 0 Å². The number of hydrogen-bond donors (Lipinski definition) is 4. The molecule has 4 fully saturated rings. The van der Waals surface area contributed by atoms with Crippen molar-refractivity contribution >= 4 is 5.97 Å². The first kappa shape index (κ1) is 20.0. The van der Waals surface area contributed by atoms with Gasteiger partial charge in [-0.2, -0.15) is 0 Å². The largest absolute Gasteiger partial charge is 0.458 e. The Balaban J connectivity index is 1.51. The Morgan fingerprint density at radius 2 is 1.79 bits per heavy atom. The molecule has 4 aliphatic carbocycles. The second kappa shape index (κ2) is 6.28. The number of esters is 1. The summed E-state index contributed by atoms with van der Waals surface area (Å²) in [5, 5.41) is 44.2. The molecule has 0 saturated heterocycles. The van der Waals surface area contributed by atoms with E-state index in [9.17, 15) is 25.2 Å². The third-order valence-electron chi connectivity index (χ3n) is 9.94. The van der Waals surface area contributed by atoms with E-state index in [1.165, 1.54) is 0 Å². The van der Waals surface area contributed by atoms with Gasteiger partial charge in [0.25, 0.3) is 0 Å². The van der Waals surface area contributed by atoms with Crippen LogP contribution >= 0.6 is 0 Å². The summed E-state index contributed by atoms with van der Waals surface area (Å²) in [6.45, 7) is 4.53. The van der Waals surface area contributed by atoms with E-state index >= 15 is 0 Å². The van der Waals surface area contributed by atoms with Crippen molar-refractivity contribution in [2.45, 2.75) is 82.7 Å². The molecule has 0 aromatic carbocycles. The highest BCUT2D eigenvalue weighted by atomic mass is 16.5. The Bertz CT molecular complexity index is 750. The van der Waals surface area contributed by atoms with Crippen LogP contribution in [0.3, 0.4) is 0 Å². The van der Waals surface area contributed by atoms with Gasteiger partial charge >= 0.3 is 5.97 Å². The highest BCUT2D eigenvalue weighted by molar-refractivity contribution is 5.85. The molecular weight excluding hydrogens is 372 g/mol. The predicted octanol–water partition coefficient (Wildman–Crippen LogP) is 1.55. The lowest BCUT2D eigenvalue weighted by Gasteiger charge is -2.65. The van der Waals surface area contributed by atoms with E-state index in [0.717, 1.165) is 24.8 Å². The normalized spacial score (nSPS) is 56.8. The van der Waals surface area contributed by atoms with Gasteiger partial charge in [0.15, 0.2) is 0 Å². The highest BCUT2D eigenvalue weighted by Gasteiger charge is 2.70. The van der Waals surface area contributed by atoms with Crippen molar-refractivity contribution in [1.82, 2.24) is 0 Å². The van der Waals surface area contributed by atoms with Crippen LogP contribution in [0.15, 0.2) is 11.6 Å². The Morgan fingerprint density at radius 1 is 1.03 bits per heavy atom. The van der Waals surface area contributed by atoms with Crippen molar-refractivity contribution in [3.63, 3.8) is 0 Å². The molecule has 0 unspecified atom stereocenters. The maximum atomic E-state index is 12.1. The number of carbonyl (C=O) groups is 1. The molecule has 6 heteroatoms. The number of cyclic esters (lactones) is 1. The minimum atomic E-state index is -0.900. The number of rotatable bonds is 1. The number of fused-ring (bicyclic) bond motifs is 5. The second-order valence-electron chi connectivity index (χ2n) is 11.0. The number of aliphatic hydroxyl groups excluding tert-OH is 3. The fourth-order valence-electron chi connectivity index (χ4n) is 8.53. The smallest absolute Gasteiger partial charge is 0.331 e. The number of ether oxygens (including phenoxy) is 1. The van der Waals surface area contributed by atoms with Gasteiger partial charge in [0.1, 0.15) is 6.61 Å². The van der Waals surface area contributed by atoms with Crippen molar-refractivity contribution < 1.29 is 30.0 Å². The van der Waals surface area contributed by atoms with Crippen LogP contribution < -0.4 is 0 Å². The molecule has 4 saturated carbocycles. The van der Waals surface area contributed by atoms with E-state index in [1.807, 2.05) is 0 Å². The SMILES string of the molecule is C[C@]12C[C@@H](O)[C@H](O)C[C@H]1CC[C@@H]1[C@@H]2[C@H](O)C[C@]2(C)[C@@H](C3=CC(=O)OC3)CC[C@]12O. The lowest BCUT2D eigenvalue weighted by molar-refractivity contribution is -0.249. The fraction of sp³-hybridized carbons (Fsp3) is 0.870. The van der Waals surface area contributed by atoms with Gasteiger partial charge in [-0.1, -0.05) is 13.8 Å². The van der Waals surface area contributed by atoms with Gasteiger partial charge < -0.3 is 25.2 Å². The van der Waals surface area contributed by atoms with E-state index in [1.54, 1.807) is 6.08 Å². The second-order valence-corrected chi connectivity index (χ2v) is 11.0. The first-order valence-electron chi connectivity index (χ1n) is 11.2. The van der Waals surface area contributed by atoms with E-state index in [4.69, 9.17) is 4.74 Å². The number of aliphatic hydroxyl groups is 4. The molecule has 5 aliphatic rings. The Morgan fingerprint density at radius 3 is 2.48 bits per heavy atom.